The first-order valence-corrected chi connectivity index (χ1v) is 4.02. The van der Waals surface area contributed by atoms with Crippen LogP contribution in [0.4, 0.5) is 4.39 Å². The van der Waals surface area contributed by atoms with Crippen LogP contribution in [0.1, 0.15) is 0 Å². The summed E-state index contributed by atoms with van der Waals surface area (Å²) in [5, 5.41) is -0.0344. The van der Waals surface area contributed by atoms with Crippen molar-refractivity contribution in [1.29, 1.82) is 0 Å². The summed E-state index contributed by atoms with van der Waals surface area (Å²) in [7, 11) is 1.29. The van der Waals surface area contributed by atoms with E-state index in [4.69, 9.17) is 4.74 Å². The molecule has 1 aromatic carbocycles. The largest absolute Gasteiger partial charge is 0.494 e. The lowest BCUT2D eigenvalue weighted by Crippen LogP contribution is -2.14. The van der Waals surface area contributed by atoms with Gasteiger partial charge in [0.25, 0.3) is 0 Å². The van der Waals surface area contributed by atoms with Gasteiger partial charge in [0.2, 0.25) is 0 Å². The number of ether oxygens (including phenoxy) is 1. The van der Waals surface area contributed by atoms with E-state index >= 15 is 0 Å². The predicted octanol–water partition coefficient (Wildman–Crippen LogP) is 0.629. The molecular weight excluding hydrogens is 205 g/mol. The van der Waals surface area contributed by atoms with Crippen molar-refractivity contribution < 1.29 is 13.5 Å². The third kappa shape index (κ3) is 1.50. The summed E-state index contributed by atoms with van der Waals surface area (Å²) in [4.78, 5) is 24.3. The molecule has 0 saturated heterocycles. The lowest BCUT2D eigenvalue weighted by atomic mass is 10.2. The van der Waals surface area contributed by atoms with Crippen LogP contribution < -0.4 is 16.1 Å². The molecule has 1 N–H and O–H groups in total. The van der Waals surface area contributed by atoms with E-state index in [1.807, 2.05) is 0 Å². The minimum absolute atomic E-state index is 0.0344. The maximum Gasteiger partial charge on any atom is 0.419 e. The molecule has 1 heterocycles. The van der Waals surface area contributed by atoms with Gasteiger partial charge in [0.1, 0.15) is 0 Å². The van der Waals surface area contributed by atoms with Gasteiger partial charge in [-0.2, -0.15) is 0 Å². The monoisotopic (exact) mass is 211 g/mol. The van der Waals surface area contributed by atoms with Crippen LogP contribution >= 0.6 is 0 Å². The second-order valence-corrected chi connectivity index (χ2v) is 2.83. The number of hydrogen-bond acceptors (Lipinski definition) is 4. The molecule has 2 rings (SSSR count). The summed E-state index contributed by atoms with van der Waals surface area (Å²) < 4.78 is 22.2. The Morgan fingerprint density at radius 3 is 2.80 bits per heavy atom. The summed E-state index contributed by atoms with van der Waals surface area (Å²) in [6.45, 7) is 0. The van der Waals surface area contributed by atoms with E-state index in [-0.39, 0.29) is 16.7 Å². The zero-order valence-corrected chi connectivity index (χ0v) is 7.67. The van der Waals surface area contributed by atoms with E-state index in [9.17, 15) is 14.0 Å². The zero-order valence-electron chi connectivity index (χ0n) is 7.67. The van der Waals surface area contributed by atoms with Gasteiger partial charge >= 0.3 is 11.4 Å². The van der Waals surface area contributed by atoms with Crippen molar-refractivity contribution in [3.63, 3.8) is 0 Å². The highest BCUT2D eigenvalue weighted by atomic mass is 19.1. The van der Waals surface area contributed by atoms with Gasteiger partial charge in [0.15, 0.2) is 11.6 Å². The Bertz CT molecular complexity index is 628. The fraction of sp³-hybridized carbons (Fsp3) is 0.111. The standard InChI is InChI=1S/C9H6FNO4/c1-14-7-3-6-4(2-5(7)10)8(12)15-9(13)11-6/h2-3H,1H3,(H,11,13). The molecule has 0 aliphatic carbocycles. The molecule has 0 atom stereocenters. The number of rotatable bonds is 1. The molecule has 6 heteroatoms. The number of halogens is 1. The maximum atomic E-state index is 13.2. The third-order valence-electron chi connectivity index (χ3n) is 1.93. The number of aromatic nitrogens is 1. The van der Waals surface area contributed by atoms with Crippen molar-refractivity contribution in [2.45, 2.75) is 0 Å². The third-order valence-corrected chi connectivity index (χ3v) is 1.93. The smallest absolute Gasteiger partial charge is 0.419 e. The Morgan fingerprint density at radius 1 is 1.40 bits per heavy atom. The van der Waals surface area contributed by atoms with E-state index in [1.54, 1.807) is 0 Å². The number of hydrogen-bond donors (Lipinski definition) is 1. The zero-order chi connectivity index (χ0) is 11.0. The molecule has 0 radical (unpaired) electrons. The highest BCUT2D eigenvalue weighted by molar-refractivity contribution is 5.78. The summed E-state index contributed by atoms with van der Waals surface area (Å²) in [5.74, 6) is -1.63. The van der Waals surface area contributed by atoms with Crippen molar-refractivity contribution in [3.05, 3.63) is 38.9 Å². The Labute approximate surface area is 82.1 Å². The number of aromatic amines is 1. The number of methoxy groups -OCH3 is 1. The second kappa shape index (κ2) is 3.23. The highest BCUT2D eigenvalue weighted by Gasteiger charge is 2.09. The normalized spacial score (nSPS) is 10.5. The van der Waals surface area contributed by atoms with Crippen molar-refractivity contribution in [1.82, 2.24) is 4.98 Å². The molecule has 78 valence electrons. The van der Waals surface area contributed by atoms with Crippen LogP contribution in [0.5, 0.6) is 5.75 Å². The van der Waals surface area contributed by atoms with Crippen LogP contribution in [0.2, 0.25) is 0 Å². The second-order valence-electron chi connectivity index (χ2n) is 2.83. The van der Waals surface area contributed by atoms with E-state index in [0.29, 0.717) is 0 Å². The molecule has 0 aliphatic rings. The topological polar surface area (TPSA) is 72.3 Å². The Morgan fingerprint density at radius 2 is 2.13 bits per heavy atom. The number of benzene rings is 1. The van der Waals surface area contributed by atoms with Crippen molar-refractivity contribution in [2.75, 3.05) is 7.11 Å². The Hall–Kier alpha value is -2.11. The average molecular weight is 211 g/mol. The molecular formula is C9H6FNO4. The molecule has 0 spiro atoms. The lowest BCUT2D eigenvalue weighted by molar-refractivity contribution is 0.386. The predicted molar refractivity (Wildman–Crippen MR) is 49.6 cm³/mol. The van der Waals surface area contributed by atoms with E-state index in [1.165, 1.54) is 13.2 Å². The van der Waals surface area contributed by atoms with E-state index in [2.05, 4.69) is 9.40 Å². The average Bonchev–Trinajstić information content (AvgIpc) is 2.18. The molecule has 0 fully saturated rings. The van der Waals surface area contributed by atoms with Gasteiger partial charge < -0.3 is 9.15 Å². The Kier molecular flexibility index (Phi) is 2.03. The quantitative estimate of drug-likeness (QED) is 0.750. The lowest BCUT2D eigenvalue weighted by Gasteiger charge is -2.02. The summed E-state index contributed by atoms with van der Waals surface area (Å²) in [6, 6.07) is 2.18. The van der Waals surface area contributed by atoms with Gasteiger partial charge in [-0.3, -0.25) is 4.98 Å². The summed E-state index contributed by atoms with van der Waals surface area (Å²) in [6.07, 6.45) is 0. The van der Waals surface area contributed by atoms with Crippen molar-refractivity contribution in [3.8, 4) is 5.75 Å². The van der Waals surface area contributed by atoms with Crippen LogP contribution in [0.3, 0.4) is 0 Å². The molecule has 1 aromatic heterocycles. The molecule has 0 unspecified atom stereocenters. The Balaban J connectivity index is 2.93. The summed E-state index contributed by atoms with van der Waals surface area (Å²) in [5.41, 5.74) is -0.704. The first kappa shape index (κ1) is 9.45. The molecule has 0 aliphatic heterocycles. The van der Waals surface area contributed by atoms with Gasteiger partial charge in [-0.05, 0) is 6.07 Å². The van der Waals surface area contributed by atoms with Crippen LogP contribution in [-0.2, 0) is 0 Å². The first-order chi connectivity index (χ1) is 7.11. The van der Waals surface area contributed by atoms with Crippen LogP contribution in [0, 0.1) is 5.82 Å². The summed E-state index contributed by atoms with van der Waals surface area (Å²) >= 11 is 0. The number of H-pyrrole nitrogens is 1. The minimum atomic E-state index is -0.888. The SMILES string of the molecule is COc1cc2[nH]c(=O)oc(=O)c2cc1F. The van der Waals surface area contributed by atoms with Gasteiger partial charge in [-0.1, -0.05) is 0 Å². The van der Waals surface area contributed by atoms with Crippen LogP contribution in [-0.4, -0.2) is 12.1 Å². The van der Waals surface area contributed by atoms with Crippen molar-refractivity contribution in [2.24, 2.45) is 0 Å². The van der Waals surface area contributed by atoms with Crippen LogP contribution in [0.15, 0.2) is 26.1 Å². The van der Waals surface area contributed by atoms with Gasteiger partial charge in [0.05, 0.1) is 18.0 Å². The van der Waals surface area contributed by atoms with E-state index in [0.717, 1.165) is 6.07 Å². The molecule has 0 amide bonds. The first-order valence-electron chi connectivity index (χ1n) is 4.02. The van der Waals surface area contributed by atoms with Gasteiger partial charge in [-0.15, -0.1) is 0 Å². The highest BCUT2D eigenvalue weighted by Crippen LogP contribution is 2.20. The van der Waals surface area contributed by atoms with Gasteiger partial charge in [-0.25, -0.2) is 14.0 Å². The number of nitrogens with one attached hydrogen (secondary N) is 1. The molecule has 0 bridgehead atoms. The number of fused-ring (bicyclic) bond motifs is 1. The molecule has 0 saturated carbocycles. The fourth-order valence-electron chi connectivity index (χ4n) is 1.26. The van der Waals surface area contributed by atoms with Gasteiger partial charge in [0, 0.05) is 6.07 Å². The molecule has 5 nitrogen and oxygen atoms in total. The molecule has 15 heavy (non-hydrogen) atoms. The maximum absolute atomic E-state index is 13.2. The minimum Gasteiger partial charge on any atom is -0.494 e. The van der Waals surface area contributed by atoms with Crippen molar-refractivity contribution >= 4 is 10.9 Å². The van der Waals surface area contributed by atoms with Crippen LogP contribution in [0.25, 0.3) is 10.9 Å². The van der Waals surface area contributed by atoms with E-state index < -0.39 is 17.2 Å². The fourth-order valence-corrected chi connectivity index (χ4v) is 1.26. The molecule has 2 aromatic rings.